The lowest BCUT2D eigenvalue weighted by Crippen LogP contribution is -2.06. The molecular weight excluding hydrogens is 334 g/mol. The molecule has 3 aromatic rings. The molecule has 7 heteroatoms. The number of rotatable bonds is 4. The highest BCUT2D eigenvalue weighted by atomic mass is 79.9. The van der Waals surface area contributed by atoms with E-state index in [9.17, 15) is 5.11 Å². The first-order chi connectivity index (χ1) is 10.3. The second-order valence-corrected chi connectivity index (χ2v) is 5.17. The van der Waals surface area contributed by atoms with Crippen LogP contribution in [0.2, 0.25) is 0 Å². The number of benzene rings is 1. The molecule has 3 rings (SSSR count). The van der Waals surface area contributed by atoms with Gasteiger partial charge in [0.1, 0.15) is 18.4 Å². The number of anilines is 1. The SMILES string of the molecule is Oc1c(Br)cccc1CNc1cccnc1-n1cncn1. The number of phenols is 1. The summed E-state index contributed by atoms with van der Waals surface area (Å²) in [6.45, 7) is 0.471. The maximum absolute atomic E-state index is 10.00. The van der Waals surface area contributed by atoms with E-state index >= 15 is 0 Å². The Morgan fingerprint density at radius 1 is 1.24 bits per heavy atom. The zero-order chi connectivity index (χ0) is 14.7. The third-order valence-electron chi connectivity index (χ3n) is 2.96. The minimum Gasteiger partial charge on any atom is -0.506 e. The van der Waals surface area contributed by atoms with E-state index in [1.54, 1.807) is 23.3 Å². The Balaban J connectivity index is 1.85. The predicted molar refractivity (Wildman–Crippen MR) is 82.3 cm³/mol. The molecule has 0 atom stereocenters. The minimum atomic E-state index is 0.233. The number of nitrogens with one attached hydrogen (secondary N) is 1. The van der Waals surface area contributed by atoms with Crippen molar-refractivity contribution in [2.75, 3.05) is 5.32 Å². The number of halogens is 1. The van der Waals surface area contributed by atoms with Crippen molar-refractivity contribution in [1.82, 2.24) is 19.7 Å². The van der Waals surface area contributed by atoms with Crippen molar-refractivity contribution in [3.8, 4) is 11.6 Å². The molecule has 0 aliphatic carbocycles. The molecule has 21 heavy (non-hydrogen) atoms. The van der Waals surface area contributed by atoms with E-state index in [0.29, 0.717) is 16.8 Å². The van der Waals surface area contributed by atoms with Gasteiger partial charge in [-0.1, -0.05) is 12.1 Å². The van der Waals surface area contributed by atoms with Gasteiger partial charge in [-0.05, 0) is 34.1 Å². The fraction of sp³-hybridized carbons (Fsp3) is 0.0714. The third kappa shape index (κ3) is 2.87. The monoisotopic (exact) mass is 345 g/mol. The molecule has 0 fully saturated rings. The average Bonchev–Trinajstić information content (AvgIpc) is 3.03. The van der Waals surface area contributed by atoms with Crippen molar-refractivity contribution in [2.45, 2.75) is 6.54 Å². The lowest BCUT2D eigenvalue weighted by Gasteiger charge is -2.12. The molecule has 0 spiro atoms. The molecule has 1 aromatic carbocycles. The summed E-state index contributed by atoms with van der Waals surface area (Å²) >= 11 is 3.31. The Bertz CT molecular complexity index is 745. The number of phenolic OH excluding ortho intramolecular Hbond substituents is 1. The first-order valence-electron chi connectivity index (χ1n) is 6.26. The predicted octanol–water partition coefficient (Wildman–Crippen LogP) is 2.74. The van der Waals surface area contributed by atoms with Crippen LogP contribution in [0.3, 0.4) is 0 Å². The summed E-state index contributed by atoms with van der Waals surface area (Å²) in [5.41, 5.74) is 1.60. The molecular formula is C14H12BrN5O. The number of para-hydroxylation sites is 1. The zero-order valence-electron chi connectivity index (χ0n) is 10.9. The van der Waals surface area contributed by atoms with Gasteiger partial charge in [-0.15, -0.1) is 0 Å². The van der Waals surface area contributed by atoms with E-state index in [4.69, 9.17) is 0 Å². The topological polar surface area (TPSA) is 75.9 Å². The summed E-state index contributed by atoms with van der Waals surface area (Å²) in [7, 11) is 0. The van der Waals surface area contributed by atoms with Gasteiger partial charge in [0.15, 0.2) is 5.82 Å². The van der Waals surface area contributed by atoms with Gasteiger partial charge >= 0.3 is 0 Å². The van der Waals surface area contributed by atoms with Gasteiger partial charge in [0.2, 0.25) is 0 Å². The summed E-state index contributed by atoms with van der Waals surface area (Å²) in [5, 5.41) is 17.3. The van der Waals surface area contributed by atoms with Crippen molar-refractivity contribution in [3.63, 3.8) is 0 Å². The zero-order valence-corrected chi connectivity index (χ0v) is 12.5. The molecule has 0 amide bonds. The first-order valence-corrected chi connectivity index (χ1v) is 7.05. The van der Waals surface area contributed by atoms with Crippen LogP contribution in [0.4, 0.5) is 5.69 Å². The van der Waals surface area contributed by atoms with E-state index in [2.05, 4.69) is 36.3 Å². The smallest absolute Gasteiger partial charge is 0.178 e. The molecule has 6 nitrogen and oxygen atoms in total. The average molecular weight is 346 g/mol. The number of hydrogen-bond acceptors (Lipinski definition) is 5. The number of nitrogens with zero attached hydrogens (tertiary/aromatic N) is 4. The third-order valence-corrected chi connectivity index (χ3v) is 3.60. The minimum absolute atomic E-state index is 0.233. The largest absolute Gasteiger partial charge is 0.506 e. The molecule has 2 aromatic heterocycles. The molecule has 106 valence electrons. The number of aromatic nitrogens is 4. The lowest BCUT2D eigenvalue weighted by atomic mass is 10.2. The highest BCUT2D eigenvalue weighted by Crippen LogP contribution is 2.28. The Morgan fingerprint density at radius 2 is 2.14 bits per heavy atom. The van der Waals surface area contributed by atoms with Gasteiger partial charge in [0.25, 0.3) is 0 Å². The van der Waals surface area contributed by atoms with E-state index in [1.807, 2.05) is 24.3 Å². The van der Waals surface area contributed by atoms with Crippen LogP contribution in [-0.2, 0) is 6.54 Å². The van der Waals surface area contributed by atoms with Crippen LogP contribution in [0, 0.1) is 0 Å². The summed E-state index contributed by atoms with van der Waals surface area (Å²) in [6, 6.07) is 9.27. The van der Waals surface area contributed by atoms with Crippen LogP contribution in [-0.4, -0.2) is 24.9 Å². The lowest BCUT2D eigenvalue weighted by molar-refractivity contribution is 0.465. The highest BCUT2D eigenvalue weighted by Gasteiger charge is 2.08. The Morgan fingerprint density at radius 3 is 2.95 bits per heavy atom. The quantitative estimate of drug-likeness (QED) is 0.760. The van der Waals surface area contributed by atoms with Gasteiger partial charge in [0, 0.05) is 18.3 Å². The van der Waals surface area contributed by atoms with Gasteiger partial charge in [-0.3, -0.25) is 0 Å². The van der Waals surface area contributed by atoms with Crippen molar-refractivity contribution in [1.29, 1.82) is 0 Å². The van der Waals surface area contributed by atoms with Crippen molar-refractivity contribution in [2.24, 2.45) is 0 Å². The van der Waals surface area contributed by atoms with Crippen LogP contribution >= 0.6 is 15.9 Å². The molecule has 0 aliphatic rings. The first kappa shape index (κ1) is 13.6. The van der Waals surface area contributed by atoms with E-state index in [0.717, 1.165) is 11.3 Å². The Kier molecular flexibility index (Phi) is 3.83. The normalized spacial score (nSPS) is 10.5. The maximum Gasteiger partial charge on any atom is 0.178 e. The summed E-state index contributed by atoms with van der Waals surface area (Å²) in [6.07, 6.45) is 4.74. The Labute approximate surface area is 129 Å². The molecule has 0 saturated heterocycles. The molecule has 0 saturated carbocycles. The van der Waals surface area contributed by atoms with Crippen molar-refractivity contribution in [3.05, 3.63) is 59.2 Å². The fourth-order valence-corrected chi connectivity index (χ4v) is 2.34. The molecule has 0 unspecified atom stereocenters. The van der Waals surface area contributed by atoms with Crippen molar-refractivity contribution >= 4 is 21.6 Å². The van der Waals surface area contributed by atoms with Gasteiger partial charge in [-0.2, -0.15) is 5.10 Å². The van der Waals surface area contributed by atoms with Gasteiger partial charge < -0.3 is 10.4 Å². The van der Waals surface area contributed by atoms with E-state index < -0.39 is 0 Å². The van der Waals surface area contributed by atoms with E-state index in [1.165, 1.54) is 6.33 Å². The van der Waals surface area contributed by atoms with Crippen LogP contribution in [0.5, 0.6) is 5.75 Å². The summed E-state index contributed by atoms with van der Waals surface area (Å²) < 4.78 is 2.26. The number of aromatic hydroxyl groups is 1. The Hall–Kier alpha value is -2.41. The van der Waals surface area contributed by atoms with Gasteiger partial charge in [-0.25, -0.2) is 14.6 Å². The maximum atomic E-state index is 10.00. The second kappa shape index (κ2) is 5.92. The van der Waals surface area contributed by atoms with Crippen LogP contribution in [0.1, 0.15) is 5.56 Å². The van der Waals surface area contributed by atoms with Gasteiger partial charge in [0.05, 0.1) is 10.2 Å². The molecule has 0 bridgehead atoms. The summed E-state index contributed by atoms with van der Waals surface area (Å²) in [4.78, 5) is 8.22. The number of hydrogen-bond donors (Lipinski definition) is 2. The fourth-order valence-electron chi connectivity index (χ4n) is 1.93. The second-order valence-electron chi connectivity index (χ2n) is 4.32. The highest BCUT2D eigenvalue weighted by molar-refractivity contribution is 9.10. The molecule has 0 radical (unpaired) electrons. The van der Waals surface area contributed by atoms with E-state index in [-0.39, 0.29) is 5.75 Å². The molecule has 0 aliphatic heterocycles. The molecule has 2 N–H and O–H groups in total. The van der Waals surface area contributed by atoms with Crippen LogP contribution in [0.25, 0.3) is 5.82 Å². The van der Waals surface area contributed by atoms with Crippen LogP contribution < -0.4 is 5.32 Å². The van der Waals surface area contributed by atoms with Crippen molar-refractivity contribution < 1.29 is 5.11 Å². The van der Waals surface area contributed by atoms with Crippen LogP contribution in [0.15, 0.2) is 53.7 Å². The molecule has 2 heterocycles. The summed E-state index contributed by atoms with van der Waals surface area (Å²) in [5.74, 6) is 0.890. The number of pyridine rings is 1. The standard InChI is InChI=1S/C14H12BrN5O/c15-11-4-1-3-10(13(11)21)7-18-12-5-2-6-17-14(12)20-9-16-8-19-20/h1-6,8-9,18,21H,7H2.